The van der Waals surface area contributed by atoms with Gasteiger partial charge in [0.05, 0.1) is 0 Å². The first kappa shape index (κ1) is 4.98. The summed E-state index contributed by atoms with van der Waals surface area (Å²) in [5, 5.41) is 0. The van der Waals surface area contributed by atoms with E-state index in [0.29, 0.717) is 0 Å². The van der Waals surface area contributed by atoms with E-state index in [4.69, 9.17) is 5.73 Å². The van der Waals surface area contributed by atoms with Crippen LogP contribution in [0.15, 0.2) is 0 Å². The maximum atomic E-state index is 5.00. The summed E-state index contributed by atoms with van der Waals surface area (Å²) < 4.78 is 0.864. The fourth-order valence-electron chi connectivity index (χ4n) is 0. The minimum atomic E-state index is 0.864. The van der Waals surface area contributed by atoms with Crippen LogP contribution in [-0.4, -0.2) is 40.4 Å². The van der Waals surface area contributed by atoms with Crippen LogP contribution < -0.4 is 5.73 Å². The molecule has 0 heterocycles. The number of hydrogen-bond donors (Lipinski definition) is 1. The third-order valence-electron chi connectivity index (χ3n) is 0. The number of nitrogens with two attached hydrogens (primary N) is 1. The summed E-state index contributed by atoms with van der Waals surface area (Å²) in [4.78, 5) is 0. The Morgan fingerprint density at radius 3 is 2.00 bits per heavy atom. The third kappa shape index (κ3) is 12.2. The van der Waals surface area contributed by atoms with E-state index in [0.717, 1.165) is 2.57 Å². The first-order valence-corrected chi connectivity index (χ1v) is 2.82. The Kier molecular flexibility index (Phi) is 2.78. The predicted molar refractivity (Wildman–Crippen MR) is 22.1 cm³/mol. The van der Waals surface area contributed by atoms with E-state index in [-0.39, 0.29) is 0 Å². The van der Waals surface area contributed by atoms with Gasteiger partial charge >= 0.3 is 46.1 Å². The SMILES string of the molecule is NC([SeH])=[Te]. The van der Waals surface area contributed by atoms with Crippen LogP contribution in [0, 0.1) is 0 Å². The summed E-state index contributed by atoms with van der Waals surface area (Å²) in [5.41, 5.74) is 5.00. The van der Waals surface area contributed by atoms with E-state index >= 15 is 0 Å². The van der Waals surface area contributed by atoms with Gasteiger partial charge in [-0.15, -0.1) is 0 Å². The number of hydrogen-bond acceptors (Lipinski definition) is 1. The van der Waals surface area contributed by atoms with E-state index < -0.39 is 0 Å². The molecule has 4 heavy (non-hydrogen) atoms. The molecule has 0 rings (SSSR count). The monoisotopic (exact) mass is 239 g/mol. The van der Waals surface area contributed by atoms with Gasteiger partial charge < -0.3 is 0 Å². The molecule has 0 fully saturated rings. The number of rotatable bonds is 0. The van der Waals surface area contributed by atoms with Gasteiger partial charge in [0, 0.05) is 0 Å². The molecule has 2 N–H and O–H groups in total. The van der Waals surface area contributed by atoms with Gasteiger partial charge in [0.1, 0.15) is 0 Å². The summed E-state index contributed by atoms with van der Waals surface area (Å²) in [7, 11) is 0. The Balaban J connectivity index is 2.80. The quantitative estimate of drug-likeness (QED) is 0.488. The van der Waals surface area contributed by atoms with Crippen LogP contribution in [0.4, 0.5) is 0 Å². The summed E-state index contributed by atoms with van der Waals surface area (Å²) in [6.07, 6.45) is 0. The van der Waals surface area contributed by atoms with Crippen molar-refractivity contribution in [1.82, 2.24) is 0 Å². The van der Waals surface area contributed by atoms with Gasteiger partial charge in [-0.25, -0.2) is 0 Å². The van der Waals surface area contributed by atoms with E-state index in [1.165, 1.54) is 0 Å². The molecule has 3 heteroatoms. The first-order chi connectivity index (χ1) is 1.73. The van der Waals surface area contributed by atoms with Crippen LogP contribution in [-0.2, 0) is 0 Å². The molecule has 0 atom stereocenters. The van der Waals surface area contributed by atoms with E-state index in [1.54, 1.807) is 21.8 Å². The van der Waals surface area contributed by atoms with Gasteiger partial charge in [-0.1, -0.05) is 0 Å². The fraction of sp³-hybridized carbons (Fsp3) is 0. The average Bonchev–Trinajstić information content (AvgIpc) is 0.811. The van der Waals surface area contributed by atoms with Gasteiger partial charge in [-0.2, -0.15) is 0 Å². The van der Waals surface area contributed by atoms with Crippen molar-refractivity contribution in [3.05, 3.63) is 0 Å². The zero-order chi connectivity index (χ0) is 3.58. The summed E-state index contributed by atoms with van der Waals surface area (Å²) in [6, 6.07) is 0. The second kappa shape index (κ2) is 2.23. The van der Waals surface area contributed by atoms with Crippen LogP contribution in [0.5, 0.6) is 0 Å². The van der Waals surface area contributed by atoms with Crippen molar-refractivity contribution in [2.75, 3.05) is 0 Å². The van der Waals surface area contributed by atoms with Crippen LogP contribution in [0.1, 0.15) is 0 Å². The maximum absolute atomic E-state index is 5.00. The molecule has 0 aliphatic heterocycles. The third-order valence-corrected chi connectivity index (χ3v) is 0. The summed E-state index contributed by atoms with van der Waals surface area (Å²) >= 11 is 4.01. The molecule has 0 amide bonds. The summed E-state index contributed by atoms with van der Waals surface area (Å²) in [6.45, 7) is 0. The van der Waals surface area contributed by atoms with Crippen molar-refractivity contribution in [2.24, 2.45) is 5.73 Å². The molecule has 0 aromatic heterocycles. The van der Waals surface area contributed by atoms with Crippen molar-refractivity contribution in [3.63, 3.8) is 0 Å². The molecule has 1 nitrogen and oxygen atoms in total. The van der Waals surface area contributed by atoms with E-state index in [1.807, 2.05) is 0 Å². The molecular formula is CH3NSeTe. The van der Waals surface area contributed by atoms with E-state index in [9.17, 15) is 0 Å². The van der Waals surface area contributed by atoms with Gasteiger partial charge in [0.2, 0.25) is 0 Å². The first-order valence-electron chi connectivity index (χ1n) is 0.716. The predicted octanol–water partition coefficient (Wildman–Crippen LogP) is -1.90. The molecule has 0 saturated carbocycles. The van der Waals surface area contributed by atoms with Crippen molar-refractivity contribution in [2.45, 2.75) is 0 Å². The molecule has 0 unspecified atom stereocenters. The molecule has 0 spiro atoms. The Bertz CT molecular complexity index is 31.0. The molecule has 24 valence electrons. The normalized spacial score (nSPS) is 6.25. The molecule has 0 aliphatic carbocycles. The Hall–Kier alpha value is 0.979. The van der Waals surface area contributed by atoms with Crippen molar-refractivity contribution in [1.29, 1.82) is 0 Å². The van der Waals surface area contributed by atoms with Crippen molar-refractivity contribution in [3.8, 4) is 0 Å². The van der Waals surface area contributed by atoms with Crippen LogP contribution >= 0.6 is 0 Å². The van der Waals surface area contributed by atoms with Crippen molar-refractivity contribution >= 4 is 40.4 Å². The van der Waals surface area contributed by atoms with E-state index in [2.05, 4.69) is 16.0 Å². The van der Waals surface area contributed by atoms with Crippen LogP contribution in [0.3, 0.4) is 0 Å². The second-order valence-corrected chi connectivity index (χ2v) is 4.64. The summed E-state index contributed by atoms with van der Waals surface area (Å²) in [5.74, 6) is 0. The van der Waals surface area contributed by atoms with Crippen LogP contribution in [0.25, 0.3) is 0 Å². The topological polar surface area (TPSA) is 26.0 Å². The minimum absolute atomic E-state index is 0.864. The molecular weight excluding hydrogens is 233 g/mol. The zero-order valence-electron chi connectivity index (χ0n) is 1.93. The second-order valence-electron chi connectivity index (χ2n) is 0.338. The fourth-order valence-corrected chi connectivity index (χ4v) is 0. The molecule has 0 aromatic carbocycles. The molecule has 0 radical (unpaired) electrons. The molecule has 0 bridgehead atoms. The standard InChI is InChI=1S/CH3NSeTe/c2-1(3)4/h(H3,2,3,4). The molecule has 0 aromatic rings. The van der Waals surface area contributed by atoms with Gasteiger partial charge in [-0.3, -0.25) is 0 Å². The van der Waals surface area contributed by atoms with Gasteiger partial charge in [-0.05, 0) is 0 Å². The van der Waals surface area contributed by atoms with Crippen LogP contribution in [0.2, 0.25) is 0 Å². The Morgan fingerprint density at radius 2 is 2.00 bits per heavy atom. The van der Waals surface area contributed by atoms with Crippen molar-refractivity contribution < 1.29 is 0 Å². The van der Waals surface area contributed by atoms with Gasteiger partial charge in [0.15, 0.2) is 0 Å². The molecule has 0 saturated heterocycles. The Labute approximate surface area is 46.2 Å². The Morgan fingerprint density at radius 1 is 2.00 bits per heavy atom. The average molecular weight is 236 g/mol. The zero-order valence-corrected chi connectivity index (χ0v) is 6.14. The van der Waals surface area contributed by atoms with Gasteiger partial charge in [0.25, 0.3) is 0 Å². The molecule has 0 aliphatic rings.